The quantitative estimate of drug-likeness (QED) is 0.723. The molecule has 0 radical (unpaired) electrons. The molecular weight excluding hydrogens is 326 g/mol. The van der Waals surface area contributed by atoms with Crippen LogP contribution >= 0.6 is 0 Å². The molecule has 7 heteroatoms. The molecule has 0 saturated carbocycles. The number of pyridine rings is 1. The zero-order chi connectivity index (χ0) is 17.2. The fraction of sp³-hybridized carbons (Fsp3) is 0.278. The van der Waals surface area contributed by atoms with Crippen LogP contribution in [0.2, 0.25) is 0 Å². The predicted octanol–water partition coefficient (Wildman–Crippen LogP) is 3.75. The van der Waals surface area contributed by atoms with E-state index in [1.54, 1.807) is 24.5 Å². The number of benzene rings is 1. The van der Waals surface area contributed by atoms with Crippen molar-refractivity contribution in [2.75, 3.05) is 6.54 Å². The van der Waals surface area contributed by atoms with Crippen LogP contribution < -0.4 is 0 Å². The molecule has 128 valence electrons. The fourth-order valence-electron chi connectivity index (χ4n) is 3.16. The van der Waals surface area contributed by atoms with E-state index in [4.69, 9.17) is 4.42 Å². The van der Waals surface area contributed by atoms with Crippen LogP contribution in [0.4, 0.5) is 8.78 Å². The average molecular weight is 342 g/mol. The second-order valence-corrected chi connectivity index (χ2v) is 6.03. The number of halogens is 2. The smallest absolute Gasteiger partial charge is 0.249 e. The topological polar surface area (TPSA) is 55.1 Å². The van der Waals surface area contributed by atoms with Gasteiger partial charge in [-0.3, -0.25) is 9.88 Å². The zero-order valence-electron chi connectivity index (χ0n) is 13.4. The molecule has 1 atom stereocenters. The molecule has 0 amide bonds. The lowest BCUT2D eigenvalue weighted by Gasteiger charge is -2.21. The zero-order valence-corrected chi connectivity index (χ0v) is 13.4. The van der Waals surface area contributed by atoms with Gasteiger partial charge in [0, 0.05) is 24.5 Å². The Kier molecular flexibility index (Phi) is 4.23. The molecule has 0 bridgehead atoms. The fourth-order valence-corrected chi connectivity index (χ4v) is 3.16. The van der Waals surface area contributed by atoms with Crippen LogP contribution in [0.1, 0.15) is 30.3 Å². The van der Waals surface area contributed by atoms with E-state index < -0.39 is 11.6 Å². The highest BCUT2D eigenvalue weighted by Crippen LogP contribution is 2.34. The molecule has 25 heavy (non-hydrogen) atoms. The summed E-state index contributed by atoms with van der Waals surface area (Å²) >= 11 is 0. The SMILES string of the molecule is Fc1cccc(CN2CCCC2c2nnc(-c3cccnc3)o2)c1F. The molecule has 1 aliphatic rings. The molecule has 0 N–H and O–H groups in total. The van der Waals surface area contributed by atoms with Crippen molar-refractivity contribution in [1.82, 2.24) is 20.1 Å². The van der Waals surface area contributed by atoms with E-state index in [-0.39, 0.29) is 6.04 Å². The highest BCUT2D eigenvalue weighted by molar-refractivity contribution is 5.50. The van der Waals surface area contributed by atoms with Crippen LogP contribution in [-0.4, -0.2) is 26.6 Å². The van der Waals surface area contributed by atoms with Crippen molar-refractivity contribution < 1.29 is 13.2 Å². The number of aromatic nitrogens is 3. The van der Waals surface area contributed by atoms with Crippen LogP contribution in [0.15, 0.2) is 47.1 Å². The van der Waals surface area contributed by atoms with Gasteiger partial charge in [0.15, 0.2) is 11.6 Å². The van der Waals surface area contributed by atoms with Crippen LogP contribution in [0, 0.1) is 11.6 Å². The molecule has 0 spiro atoms. The lowest BCUT2D eigenvalue weighted by atomic mass is 10.1. The van der Waals surface area contributed by atoms with Crippen molar-refractivity contribution in [3.05, 3.63) is 65.8 Å². The molecule has 4 rings (SSSR count). The van der Waals surface area contributed by atoms with Crippen LogP contribution in [0.5, 0.6) is 0 Å². The third kappa shape index (κ3) is 3.15. The predicted molar refractivity (Wildman–Crippen MR) is 86.3 cm³/mol. The Labute approximate surface area is 143 Å². The molecule has 1 saturated heterocycles. The van der Waals surface area contributed by atoms with Gasteiger partial charge in [0.25, 0.3) is 0 Å². The standard InChI is InChI=1S/C18H16F2N4O/c19-14-6-1-4-13(16(14)20)11-24-9-3-7-15(24)18-23-22-17(25-18)12-5-2-8-21-10-12/h1-2,4-6,8,10,15H,3,7,9,11H2. The normalized spacial score (nSPS) is 17.9. The van der Waals surface area contributed by atoms with Gasteiger partial charge in [-0.1, -0.05) is 12.1 Å². The first-order valence-electron chi connectivity index (χ1n) is 8.13. The second-order valence-electron chi connectivity index (χ2n) is 6.03. The van der Waals surface area contributed by atoms with Gasteiger partial charge >= 0.3 is 0 Å². The molecule has 1 aromatic carbocycles. The maximum Gasteiger partial charge on any atom is 0.249 e. The van der Waals surface area contributed by atoms with Gasteiger partial charge in [0.2, 0.25) is 11.8 Å². The van der Waals surface area contributed by atoms with Crippen molar-refractivity contribution in [2.45, 2.75) is 25.4 Å². The Morgan fingerprint density at radius 2 is 2.08 bits per heavy atom. The summed E-state index contributed by atoms with van der Waals surface area (Å²) in [4.78, 5) is 6.08. The molecule has 1 fully saturated rings. The summed E-state index contributed by atoms with van der Waals surface area (Å²) in [6.45, 7) is 1.07. The van der Waals surface area contributed by atoms with E-state index >= 15 is 0 Å². The van der Waals surface area contributed by atoms with Crippen molar-refractivity contribution in [3.63, 3.8) is 0 Å². The van der Waals surface area contributed by atoms with Gasteiger partial charge in [-0.25, -0.2) is 8.78 Å². The van der Waals surface area contributed by atoms with E-state index in [0.29, 0.717) is 23.9 Å². The summed E-state index contributed by atoms with van der Waals surface area (Å²) in [5.74, 6) is -0.723. The Morgan fingerprint density at radius 3 is 2.92 bits per heavy atom. The maximum atomic E-state index is 14.0. The highest BCUT2D eigenvalue weighted by Gasteiger charge is 2.31. The van der Waals surface area contributed by atoms with Gasteiger partial charge in [-0.15, -0.1) is 10.2 Å². The first-order valence-corrected chi connectivity index (χ1v) is 8.13. The van der Waals surface area contributed by atoms with Crippen LogP contribution in [0.3, 0.4) is 0 Å². The van der Waals surface area contributed by atoms with E-state index in [2.05, 4.69) is 15.2 Å². The van der Waals surface area contributed by atoms with Crippen molar-refractivity contribution in [2.24, 2.45) is 0 Å². The van der Waals surface area contributed by atoms with E-state index in [1.165, 1.54) is 6.07 Å². The van der Waals surface area contributed by atoms with Gasteiger partial charge in [-0.2, -0.15) is 0 Å². The number of rotatable bonds is 4. The van der Waals surface area contributed by atoms with Gasteiger partial charge in [0.1, 0.15) is 0 Å². The number of likely N-dealkylation sites (tertiary alicyclic amines) is 1. The Morgan fingerprint density at radius 1 is 1.16 bits per heavy atom. The molecule has 1 aliphatic heterocycles. The summed E-state index contributed by atoms with van der Waals surface area (Å²) in [5, 5.41) is 8.24. The molecule has 5 nitrogen and oxygen atoms in total. The molecule has 3 aromatic rings. The lowest BCUT2D eigenvalue weighted by Crippen LogP contribution is -2.23. The van der Waals surface area contributed by atoms with E-state index in [9.17, 15) is 8.78 Å². The van der Waals surface area contributed by atoms with Crippen molar-refractivity contribution in [3.8, 4) is 11.5 Å². The third-order valence-corrected chi connectivity index (χ3v) is 4.40. The highest BCUT2D eigenvalue weighted by atomic mass is 19.2. The second kappa shape index (κ2) is 6.68. The summed E-state index contributed by atoms with van der Waals surface area (Å²) in [6, 6.07) is 7.79. The molecule has 0 aliphatic carbocycles. The van der Waals surface area contributed by atoms with Gasteiger partial charge in [-0.05, 0) is 37.6 Å². The summed E-state index contributed by atoms with van der Waals surface area (Å²) in [6.07, 6.45) is 5.11. The number of nitrogens with zero attached hydrogens (tertiary/aromatic N) is 4. The Bertz CT molecular complexity index is 869. The summed E-state index contributed by atoms with van der Waals surface area (Å²) in [5.41, 5.74) is 1.08. The van der Waals surface area contributed by atoms with Crippen LogP contribution in [-0.2, 0) is 6.54 Å². The molecule has 2 aromatic heterocycles. The summed E-state index contributed by atoms with van der Waals surface area (Å²) in [7, 11) is 0. The minimum Gasteiger partial charge on any atom is -0.419 e. The van der Waals surface area contributed by atoms with E-state index in [0.717, 1.165) is 31.0 Å². The van der Waals surface area contributed by atoms with Crippen molar-refractivity contribution in [1.29, 1.82) is 0 Å². The largest absolute Gasteiger partial charge is 0.419 e. The first kappa shape index (κ1) is 15.8. The van der Waals surface area contributed by atoms with E-state index in [1.807, 2.05) is 11.0 Å². The maximum absolute atomic E-state index is 14.0. The Hall–Kier alpha value is -2.67. The molecule has 1 unspecified atom stereocenters. The number of hydrogen-bond acceptors (Lipinski definition) is 5. The summed E-state index contributed by atoms with van der Waals surface area (Å²) < 4.78 is 33.2. The lowest BCUT2D eigenvalue weighted by molar-refractivity contribution is 0.212. The van der Waals surface area contributed by atoms with Crippen molar-refractivity contribution >= 4 is 0 Å². The minimum atomic E-state index is -0.829. The van der Waals surface area contributed by atoms with Gasteiger partial charge in [0.05, 0.1) is 11.6 Å². The number of hydrogen-bond donors (Lipinski definition) is 0. The first-order chi connectivity index (χ1) is 12.2. The monoisotopic (exact) mass is 342 g/mol. The van der Waals surface area contributed by atoms with Crippen LogP contribution in [0.25, 0.3) is 11.5 Å². The minimum absolute atomic E-state index is 0.0967. The molecule has 3 heterocycles. The Balaban J connectivity index is 1.56. The van der Waals surface area contributed by atoms with Gasteiger partial charge < -0.3 is 4.42 Å². The molecular formula is C18H16F2N4O. The average Bonchev–Trinajstić information content (AvgIpc) is 3.29. The third-order valence-electron chi connectivity index (χ3n) is 4.40.